The van der Waals surface area contributed by atoms with E-state index in [9.17, 15) is 9.18 Å². The Morgan fingerprint density at radius 2 is 2.17 bits per heavy atom. The molecule has 1 aliphatic heterocycles. The molecule has 0 aliphatic carbocycles. The molecule has 2 heterocycles. The van der Waals surface area contributed by atoms with Gasteiger partial charge in [-0.1, -0.05) is 32.1 Å². The number of amides is 1. The lowest BCUT2D eigenvalue weighted by molar-refractivity contribution is 0.237. The number of nitrogens with zero attached hydrogens (tertiary/aromatic N) is 2. The highest BCUT2D eigenvalue weighted by atomic mass is 19.1. The molecule has 5 nitrogen and oxygen atoms in total. The second-order valence-electron chi connectivity index (χ2n) is 7.97. The maximum absolute atomic E-state index is 14.0. The fourth-order valence-electron chi connectivity index (χ4n) is 3.92. The number of ether oxygens (including phenoxy) is 1. The number of carbonyl (C=O) groups excluding carboxylic acids is 1. The molecule has 1 atom stereocenters. The minimum absolute atomic E-state index is 0.0727. The third-order valence-electron chi connectivity index (χ3n) is 5.69. The van der Waals surface area contributed by atoms with Gasteiger partial charge in [0.05, 0.1) is 7.11 Å². The van der Waals surface area contributed by atoms with E-state index < -0.39 is 0 Å². The minimum Gasteiger partial charge on any atom is -0.493 e. The molecule has 0 saturated heterocycles. The standard InChI is InChI=1S/C24H32FN3O2/c1-4-19-9-15-28(17-19)24(29)26-12-8-18(2)16-27-13-10-20(11-14-27)21-6-5-7-22(25)23(21)30-3/h5-7,9-10,15,17-18H,4,8,11-14,16H2,1-3H3,(H,26,29)/t18-/m1/s1. The van der Waals surface area contributed by atoms with E-state index in [-0.39, 0.29) is 11.8 Å². The molecule has 0 bridgehead atoms. The SMILES string of the molecule is CCc1ccn(C(=O)NCC[C@@H](C)CN2CC=C(c3cccc(F)c3OC)CC2)c1. The molecule has 0 unspecified atom stereocenters. The van der Waals surface area contributed by atoms with Crippen molar-refractivity contribution in [3.63, 3.8) is 0 Å². The highest BCUT2D eigenvalue weighted by molar-refractivity contribution is 5.76. The molecule has 1 N–H and O–H groups in total. The Bertz CT molecular complexity index is 890. The van der Waals surface area contributed by atoms with Crippen molar-refractivity contribution in [2.45, 2.75) is 33.1 Å². The van der Waals surface area contributed by atoms with Gasteiger partial charge >= 0.3 is 6.03 Å². The number of nitrogens with one attached hydrogen (secondary N) is 1. The molecule has 162 valence electrons. The lowest BCUT2D eigenvalue weighted by atomic mass is 9.97. The second-order valence-corrected chi connectivity index (χ2v) is 7.97. The van der Waals surface area contributed by atoms with Crippen molar-refractivity contribution in [3.8, 4) is 5.75 Å². The summed E-state index contributed by atoms with van der Waals surface area (Å²) in [6.07, 6.45) is 8.59. The zero-order chi connectivity index (χ0) is 21.5. The van der Waals surface area contributed by atoms with E-state index in [4.69, 9.17) is 4.74 Å². The van der Waals surface area contributed by atoms with Gasteiger partial charge in [0, 0.05) is 44.1 Å². The van der Waals surface area contributed by atoms with Gasteiger partial charge in [-0.2, -0.15) is 0 Å². The molecule has 1 aromatic heterocycles. The number of aromatic nitrogens is 1. The number of para-hydroxylation sites is 1. The molecule has 0 spiro atoms. The van der Waals surface area contributed by atoms with Crippen LogP contribution in [0.1, 0.15) is 37.8 Å². The molecule has 30 heavy (non-hydrogen) atoms. The lowest BCUT2D eigenvalue weighted by Gasteiger charge is -2.29. The maximum atomic E-state index is 14.0. The van der Waals surface area contributed by atoms with E-state index in [1.54, 1.807) is 10.6 Å². The van der Waals surface area contributed by atoms with Gasteiger partial charge < -0.3 is 10.1 Å². The molecule has 0 saturated carbocycles. The Labute approximate surface area is 178 Å². The molecule has 6 heteroatoms. The van der Waals surface area contributed by atoms with Crippen LogP contribution in [-0.2, 0) is 6.42 Å². The number of benzene rings is 1. The highest BCUT2D eigenvalue weighted by Gasteiger charge is 2.19. The zero-order valence-electron chi connectivity index (χ0n) is 18.2. The molecule has 0 radical (unpaired) electrons. The van der Waals surface area contributed by atoms with Gasteiger partial charge in [0.1, 0.15) is 0 Å². The molecule has 0 fully saturated rings. The quantitative estimate of drug-likeness (QED) is 0.690. The van der Waals surface area contributed by atoms with Crippen LogP contribution in [0.25, 0.3) is 5.57 Å². The molecule has 1 aromatic carbocycles. The molecule has 1 aliphatic rings. The largest absolute Gasteiger partial charge is 0.493 e. The topological polar surface area (TPSA) is 46.5 Å². The summed E-state index contributed by atoms with van der Waals surface area (Å²) in [6, 6.07) is 6.98. The van der Waals surface area contributed by atoms with Crippen molar-refractivity contribution < 1.29 is 13.9 Å². The van der Waals surface area contributed by atoms with Gasteiger partial charge in [0.15, 0.2) is 11.6 Å². The molecular weight excluding hydrogens is 381 g/mol. The number of methoxy groups -OCH3 is 1. The summed E-state index contributed by atoms with van der Waals surface area (Å²) in [5, 5.41) is 3.00. The molecule has 3 rings (SSSR count). The van der Waals surface area contributed by atoms with Gasteiger partial charge in [-0.05, 0) is 48.4 Å². The molecule has 2 aromatic rings. The van der Waals surface area contributed by atoms with E-state index in [0.717, 1.165) is 55.6 Å². The third-order valence-corrected chi connectivity index (χ3v) is 5.69. The first-order valence-corrected chi connectivity index (χ1v) is 10.7. The molecular formula is C24H32FN3O2. The summed E-state index contributed by atoms with van der Waals surface area (Å²) in [5.74, 6) is 0.481. The summed E-state index contributed by atoms with van der Waals surface area (Å²) in [5.41, 5.74) is 3.15. The monoisotopic (exact) mass is 413 g/mol. The van der Waals surface area contributed by atoms with Crippen LogP contribution in [0.5, 0.6) is 5.75 Å². The van der Waals surface area contributed by atoms with E-state index in [2.05, 4.69) is 30.1 Å². The average molecular weight is 414 g/mol. The van der Waals surface area contributed by atoms with Crippen LogP contribution < -0.4 is 10.1 Å². The second kappa shape index (κ2) is 10.4. The zero-order valence-corrected chi connectivity index (χ0v) is 18.2. The van der Waals surface area contributed by atoms with Crippen LogP contribution in [0, 0.1) is 11.7 Å². The van der Waals surface area contributed by atoms with Crippen molar-refractivity contribution >= 4 is 11.6 Å². The van der Waals surface area contributed by atoms with Gasteiger partial charge in [-0.15, -0.1) is 0 Å². The predicted octanol–water partition coefficient (Wildman–Crippen LogP) is 4.57. The first kappa shape index (κ1) is 22.1. The number of hydrogen-bond donors (Lipinski definition) is 1. The van der Waals surface area contributed by atoms with Gasteiger partial charge in [0.2, 0.25) is 0 Å². The third kappa shape index (κ3) is 5.51. The Hall–Kier alpha value is -2.60. The Balaban J connectivity index is 1.44. The van der Waals surface area contributed by atoms with Crippen LogP contribution in [-0.4, -0.2) is 48.8 Å². The lowest BCUT2D eigenvalue weighted by Crippen LogP contribution is -2.34. The number of hydrogen-bond acceptors (Lipinski definition) is 3. The number of carbonyl (C=O) groups is 1. The van der Waals surface area contributed by atoms with Crippen LogP contribution in [0.2, 0.25) is 0 Å². The fourth-order valence-corrected chi connectivity index (χ4v) is 3.92. The minimum atomic E-state index is -0.320. The van der Waals surface area contributed by atoms with Gasteiger partial charge in [-0.25, -0.2) is 9.18 Å². The van der Waals surface area contributed by atoms with Crippen molar-refractivity contribution in [1.29, 1.82) is 0 Å². The van der Waals surface area contributed by atoms with Gasteiger partial charge in [-0.3, -0.25) is 9.47 Å². The first-order chi connectivity index (χ1) is 14.5. The fraction of sp³-hybridized carbons (Fsp3) is 0.458. The Morgan fingerprint density at radius 1 is 1.33 bits per heavy atom. The first-order valence-electron chi connectivity index (χ1n) is 10.7. The smallest absolute Gasteiger partial charge is 0.325 e. The van der Waals surface area contributed by atoms with Crippen LogP contribution in [0.15, 0.2) is 42.7 Å². The Kier molecular flexibility index (Phi) is 7.69. The number of rotatable bonds is 8. The summed E-state index contributed by atoms with van der Waals surface area (Å²) in [7, 11) is 1.51. The van der Waals surface area contributed by atoms with E-state index >= 15 is 0 Å². The van der Waals surface area contributed by atoms with Gasteiger partial charge in [0.25, 0.3) is 0 Å². The normalized spacial score (nSPS) is 15.5. The Morgan fingerprint density at radius 3 is 2.83 bits per heavy atom. The van der Waals surface area contributed by atoms with Crippen LogP contribution >= 0.6 is 0 Å². The van der Waals surface area contributed by atoms with E-state index in [0.29, 0.717) is 18.2 Å². The summed E-state index contributed by atoms with van der Waals surface area (Å²) >= 11 is 0. The summed E-state index contributed by atoms with van der Waals surface area (Å²) < 4.78 is 20.8. The highest BCUT2D eigenvalue weighted by Crippen LogP contribution is 2.32. The predicted molar refractivity (Wildman–Crippen MR) is 118 cm³/mol. The van der Waals surface area contributed by atoms with Crippen molar-refractivity contribution in [2.24, 2.45) is 5.92 Å². The van der Waals surface area contributed by atoms with E-state index in [1.807, 2.05) is 24.5 Å². The van der Waals surface area contributed by atoms with Crippen molar-refractivity contribution in [2.75, 3.05) is 33.3 Å². The van der Waals surface area contributed by atoms with Crippen molar-refractivity contribution in [1.82, 2.24) is 14.8 Å². The molecule has 1 amide bonds. The van der Waals surface area contributed by atoms with Crippen LogP contribution in [0.3, 0.4) is 0 Å². The van der Waals surface area contributed by atoms with E-state index in [1.165, 1.54) is 13.2 Å². The number of halogens is 1. The maximum Gasteiger partial charge on any atom is 0.325 e. The number of aryl methyl sites for hydroxylation is 1. The summed E-state index contributed by atoms with van der Waals surface area (Å²) in [4.78, 5) is 14.6. The summed E-state index contributed by atoms with van der Waals surface area (Å²) in [6.45, 7) is 7.71. The average Bonchev–Trinajstić information content (AvgIpc) is 3.23. The van der Waals surface area contributed by atoms with Crippen LogP contribution in [0.4, 0.5) is 9.18 Å². The van der Waals surface area contributed by atoms with Crippen molar-refractivity contribution in [3.05, 3.63) is 59.7 Å².